The Morgan fingerprint density at radius 1 is 1.04 bits per heavy atom. The second-order valence-electron chi connectivity index (χ2n) is 5.63. The molecule has 3 rings (SSSR count). The third-order valence-electron chi connectivity index (χ3n) is 3.94. The van der Waals surface area contributed by atoms with Crippen LogP contribution in [0.15, 0.2) is 71.3 Å². The predicted octanol–water partition coefficient (Wildman–Crippen LogP) is 2.93. The fraction of sp³-hybridized carbons (Fsp3) is 0.105. The molecule has 2 aromatic rings. The lowest BCUT2D eigenvalue weighted by atomic mass is 9.89. The van der Waals surface area contributed by atoms with Crippen LogP contribution in [-0.4, -0.2) is 17.2 Å². The van der Waals surface area contributed by atoms with Crippen molar-refractivity contribution in [2.75, 3.05) is 5.32 Å². The van der Waals surface area contributed by atoms with Crippen LogP contribution in [0.5, 0.6) is 0 Å². The average Bonchev–Trinajstić information content (AvgIpc) is 2.99. The van der Waals surface area contributed by atoms with Gasteiger partial charge in [-0.3, -0.25) is 10.1 Å². The maximum atomic E-state index is 12.7. The standard InChI is InChI=1S/C19H16N4O2S/c20-11-14-15(12-7-3-1-4-8-12)16(26-17(14)21)18(24)23-19(25)22-13-9-5-2-6-10-13/h1-10,15-16H,21H2,(H2,22,23,24,25)/t15-,16-/m1/s1. The first-order valence-electron chi connectivity index (χ1n) is 7.88. The van der Waals surface area contributed by atoms with Gasteiger partial charge in [0.1, 0.15) is 5.25 Å². The average molecular weight is 364 g/mol. The van der Waals surface area contributed by atoms with Crippen LogP contribution in [0.4, 0.5) is 10.5 Å². The molecule has 0 fully saturated rings. The maximum Gasteiger partial charge on any atom is 0.325 e. The van der Waals surface area contributed by atoms with Crippen molar-refractivity contribution in [1.29, 1.82) is 5.26 Å². The highest BCUT2D eigenvalue weighted by atomic mass is 32.2. The van der Waals surface area contributed by atoms with Gasteiger partial charge < -0.3 is 11.1 Å². The molecule has 0 saturated heterocycles. The van der Waals surface area contributed by atoms with E-state index in [9.17, 15) is 14.9 Å². The van der Waals surface area contributed by atoms with Gasteiger partial charge in [0.05, 0.1) is 16.7 Å². The number of rotatable bonds is 3. The number of para-hydroxylation sites is 1. The van der Waals surface area contributed by atoms with Gasteiger partial charge in [0.25, 0.3) is 0 Å². The summed E-state index contributed by atoms with van der Waals surface area (Å²) in [7, 11) is 0. The number of hydrogen-bond acceptors (Lipinski definition) is 5. The Kier molecular flexibility index (Phi) is 5.25. The molecule has 2 atom stereocenters. The van der Waals surface area contributed by atoms with Gasteiger partial charge in [-0.15, -0.1) is 0 Å². The number of amides is 3. The summed E-state index contributed by atoms with van der Waals surface area (Å²) in [6, 6.07) is 19.5. The predicted molar refractivity (Wildman–Crippen MR) is 101 cm³/mol. The number of carbonyl (C=O) groups excluding carboxylic acids is 2. The second kappa shape index (κ2) is 7.76. The number of nitrogens with zero attached hydrogens (tertiary/aromatic N) is 1. The number of thioether (sulfide) groups is 1. The molecule has 0 spiro atoms. The first kappa shape index (κ1) is 17.6. The van der Waals surface area contributed by atoms with Crippen molar-refractivity contribution >= 4 is 29.4 Å². The van der Waals surface area contributed by atoms with Crippen molar-refractivity contribution in [3.63, 3.8) is 0 Å². The summed E-state index contributed by atoms with van der Waals surface area (Å²) in [5.74, 6) is -0.985. The maximum absolute atomic E-state index is 12.7. The van der Waals surface area contributed by atoms with Crippen LogP contribution < -0.4 is 16.4 Å². The van der Waals surface area contributed by atoms with Crippen molar-refractivity contribution in [2.45, 2.75) is 11.2 Å². The highest BCUT2D eigenvalue weighted by molar-refractivity contribution is 8.04. The molecule has 1 heterocycles. The lowest BCUT2D eigenvalue weighted by Crippen LogP contribution is -2.41. The fourth-order valence-electron chi connectivity index (χ4n) is 2.77. The van der Waals surface area contributed by atoms with Crippen molar-refractivity contribution in [3.8, 4) is 6.07 Å². The molecule has 0 bridgehead atoms. The lowest BCUT2D eigenvalue weighted by molar-refractivity contribution is -0.119. The number of imide groups is 1. The van der Waals surface area contributed by atoms with Crippen molar-refractivity contribution in [3.05, 3.63) is 76.8 Å². The zero-order valence-electron chi connectivity index (χ0n) is 13.7. The van der Waals surface area contributed by atoms with Crippen LogP contribution in [0.2, 0.25) is 0 Å². The van der Waals surface area contributed by atoms with E-state index in [4.69, 9.17) is 5.73 Å². The zero-order valence-corrected chi connectivity index (χ0v) is 14.5. The SMILES string of the molecule is N#CC1=C(N)S[C@@H](C(=O)NC(=O)Nc2ccccc2)[C@@H]1c1ccccc1. The van der Waals surface area contributed by atoms with Crippen molar-refractivity contribution in [1.82, 2.24) is 5.32 Å². The number of nitriles is 1. The first-order chi connectivity index (χ1) is 12.6. The van der Waals surface area contributed by atoms with Gasteiger partial charge in [0, 0.05) is 11.6 Å². The Morgan fingerprint density at radius 2 is 1.65 bits per heavy atom. The Morgan fingerprint density at radius 3 is 2.27 bits per heavy atom. The summed E-state index contributed by atoms with van der Waals surface area (Å²) >= 11 is 1.10. The Bertz CT molecular complexity index is 891. The summed E-state index contributed by atoms with van der Waals surface area (Å²) in [5.41, 5.74) is 7.67. The quantitative estimate of drug-likeness (QED) is 0.776. The number of nitrogens with one attached hydrogen (secondary N) is 2. The molecule has 0 saturated carbocycles. The van der Waals surface area contributed by atoms with Gasteiger partial charge in [0.15, 0.2) is 0 Å². The third kappa shape index (κ3) is 3.71. The lowest BCUT2D eigenvalue weighted by Gasteiger charge is -2.19. The Hall–Kier alpha value is -3.24. The highest BCUT2D eigenvalue weighted by Gasteiger charge is 2.41. The molecular weight excluding hydrogens is 348 g/mol. The van der Waals surface area contributed by atoms with Gasteiger partial charge in [-0.2, -0.15) is 5.26 Å². The number of benzene rings is 2. The summed E-state index contributed by atoms with van der Waals surface area (Å²) in [5, 5.41) is 14.0. The van der Waals surface area contributed by atoms with Crippen molar-refractivity contribution in [2.24, 2.45) is 5.73 Å². The number of urea groups is 1. The van der Waals surface area contributed by atoms with Gasteiger partial charge >= 0.3 is 6.03 Å². The largest absolute Gasteiger partial charge is 0.393 e. The molecule has 1 aliphatic heterocycles. The number of nitrogens with two attached hydrogens (primary N) is 1. The minimum absolute atomic E-state index is 0.310. The van der Waals surface area contributed by atoms with E-state index in [1.165, 1.54) is 0 Å². The van der Waals surface area contributed by atoms with E-state index in [0.717, 1.165) is 17.3 Å². The Labute approximate surface area is 155 Å². The molecule has 26 heavy (non-hydrogen) atoms. The molecule has 1 aliphatic rings. The van der Waals surface area contributed by atoms with E-state index in [-0.39, 0.29) is 0 Å². The molecular formula is C19H16N4O2S. The monoisotopic (exact) mass is 364 g/mol. The van der Waals surface area contributed by atoms with Crippen LogP contribution in [0.1, 0.15) is 11.5 Å². The molecule has 6 nitrogen and oxygen atoms in total. The number of anilines is 1. The van der Waals surface area contributed by atoms with Crippen LogP contribution in [-0.2, 0) is 4.79 Å². The molecule has 130 valence electrons. The summed E-state index contributed by atoms with van der Waals surface area (Å²) < 4.78 is 0. The summed E-state index contributed by atoms with van der Waals surface area (Å²) in [6.45, 7) is 0. The van der Waals surface area contributed by atoms with Gasteiger partial charge in [0.2, 0.25) is 5.91 Å². The molecule has 0 unspecified atom stereocenters. The molecule has 7 heteroatoms. The van der Waals surface area contributed by atoms with E-state index < -0.39 is 23.1 Å². The first-order valence-corrected chi connectivity index (χ1v) is 8.76. The topological polar surface area (TPSA) is 108 Å². The normalized spacial score (nSPS) is 18.9. The molecule has 2 aromatic carbocycles. The third-order valence-corrected chi connectivity index (χ3v) is 5.15. The highest BCUT2D eigenvalue weighted by Crippen LogP contribution is 2.45. The smallest absolute Gasteiger partial charge is 0.325 e. The van der Waals surface area contributed by atoms with Crippen LogP contribution in [0.3, 0.4) is 0 Å². The van der Waals surface area contributed by atoms with E-state index in [2.05, 4.69) is 16.7 Å². The Balaban J connectivity index is 1.76. The van der Waals surface area contributed by atoms with Crippen molar-refractivity contribution < 1.29 is 9.59 Å². The van der Waals surface area contributed by atoms with E-state index in [1.807, 2.05) is 36.4 Å². The van der Waals surface area contributed by atoms with Crippen LogP contribution in [0, 0.1) is 11.3 Å². The number of hydrogen-bond donors (Lipinski definition) is 3. The minimum atomic E-state index is -0.687. The van der Waals surface area contributed by atoms with E-state index >= 15 is 0 Å². The van der Waals surface area contributed by atoms with Gasteiger partial charge in [-0.25, -0.2) is 4.79 Å². The van der Waals surface area contributed by atoms with E-state index in [0.29, 0.717) is 16.3 Å². The van der Waals surface area contributed by atoms with Gasteiger partial charge in [-0.05, 0) is 17.7 Å². The van der Waals surface area contributed by atoms with Gasteiger partial charge in [-0.1, -0.05) is 60.3 Å². The van der Waals surface area contributed by atoms with Crippen LogP contribution in [0.25, 0.3) is 0 Å². The van der Waals surface area contributed by atoms with E-state index in [1.54, 1.807) is 24.3 Å². The minimum Gasteiger partial charge on any atom is -0.393 e. The van der Waals surface area contributed by atoms with Crippen LogP contribution >= 0.6 is 11.8 Å². The number of allylic oxidation sites excluding steroid dienone is 1. The molecule has 4 N–H and O–H groups in total. The fourth-order valence-corrected chi connectivity index (χ4v) is 3.94. The summed E-state index contributed by atoms with van der Waals surface area (Å²) in [4.78, 5) is 24.7. The summed E-state index contributed by atoms with van der Waals surface area (Å²) in [6.07, 6.45) is 0. The molecule has 0 aromatic heterocycles. The molecule has 3 amide bonds. The molecule has 0 aliphatic carbocycles. The second-order valence-corrected chi connectivity index (χ2v) is 6.81. The molecule has 0 radical (unpaired) electrons. The zero-order chi connectivity index (χ0) is 18.5. The number of carbonyl (C=O) groups is 2.